The van der Waals surface area contributed by atoms with Crippen LogP contribution in [0.15, 0.2) is 18.2 Å². The van der Waals surface area contributed by atoms with E-state index < -0.39 is 0 Å². The largest absolute Gasteiger partial charge is 0.398 e. The standard InChI is InChI=1S/C15H22ClNO/c1-3-5-6-11(4-2)9-15(18)12-7-8-14(17)13(16)10-12/h7-8,10-11H,3-6,9,17H2,1-2H3. The average molecular weight is 268 g/mol. The molecule has 1 aromatic carbocycles. The van der Waals surface area contributed by atoms with E-state index in [4.69, 9.17) is 17.3 Å². The number of ketones is 1. The molecule has 0 amide bonds. The predicted molar refractivity (Wildman–Crippen MR) is 78.1 cm³/mol. The monoisotopic (exact) mass is 267 g/mol. The average Bonchev–Trinajstić information content (AvgIpc) is 2.37. The molecule has 0 radical (unpaired) electrons. The summed E-state index contributed by atoms with van der Waals surface area (Å²) in [6.07, 6.45) is 5.15. The van der Waals surface area contributed by atoms with Gasteiger partial charge in [0.25, 0.3) is 0 Å². The molecule has 0 aliphatic heterocycles. The van der Waals surface area contributed by atoms with Crippen molar-refractivity contribution in [3.63, 3.8) is 0 Å². The molecule has 0 spiro atoms. The lowest BCUT2D eigenvalue weighted by molar-refractivity contribution is 0.0957. The fourth-order valence-corrected chi connectivity index (χ4v) is 2.20. The molecule has 100 valence electrons. The summed E-state index contributed by atoms with van der Waals surface area (Å²) in [6, 6.07) is 5.13. The van der Waals surface area contributed by atoms with Crippen LogP contribution in [0, 0.1) is 5.92 Å². The zero-order chi connectivity index (χ0) is 13.5. The lowest BCUT2D eigenvalue weighted by atomic mass is 9.91. The number of nitrogens with two attached hydrogens (primary N) is 1. The van der Waals surface area contributed by atoms with Gasteiger partial charge in [0.05, 0.1) is 10.7 Å². The summed E-state index contributed by atoms with van der Waals surface area (Å²) in [5.41, 5.74) is 6.83. The molecule has 1 rings (SSSR count). The van der Waals surface area contributed by atoms with Crippen molar-refractivity contribution in [2.75, 3.05) is 5.73 Å². The summed E-state index contributed by atoms with van der Waals surface area (Å²) in [7, 11) is 0. The van der Waals surface area contributed by atoms with Gasteiger partial charge in [0.1, 0.15) is 0 Å². The molecule has 1 unspecified atom stereocenters. The molecule has 0 saturated carbocycles. The molecular weight excluding hydrogens is 246 g/mol. The Morgan fingerprint density at radius 3 is 2.67 bits per heavy atom. The van der Waals surface area contributed by atoms with Crippen LogP contribution in [0.25, 0.3) is 0 Å². The van der Waals surface area contributed by atoms with E-state index in [9.17, 15) is 4.79 Å². The maximum absolute atomic E-state index is 12.1. The maximum Gasteiger partial charge on any atom is 0.163 e. The number of hydrogen-bond donors (Lipinski definition) is 1. The highest BCUT2D eigenvalue weighted by molar-refractivity contribution is 6.33. The third kappa shape index (κ3) is 4.34. The number of carbonyl (C=O) groups excluding carboxylic acids is 1. The van der Waals surface area contributed by atoms with Crippen LogP contribution < -0.4 is 5.73 Å². The Labute approximate surface area is 115 Å². The summed E-state index contributed by atoms with van der Waals surface area (Å²) in [4.78, 5) is 12.1. The molecule has 0 aromatic heterocycles. The number of halogens is 1. The molecule has 18 heavy (non-hydrogen) atoms. The summed E-state index contributed by atoms with van der Waals surface area (Å²) in [6.45, 7) is 4.32. The summed E-state index contributed by atoms with van der Waals surface area (Å²) in [5.74, 6) is 0.647. The minimum Gasteiger partial charge on any atom is -0.398 e. The number of unbranched alkanes of at least 4 members (excludes halogenated alkanes) is 1. The molecule has 3 heteroatoms. The molecule has 0 fully saturated rings. The number of nitrogen functional groups attached to an aromatic ring is 1. The van der Waals surface area contributed by atoms with Crippen molar-refractivity contribution < 1.29 is 4.79 Å². The van der Waals surface area contributed by atoms with E-state index in [-0.39, 0.29) is 5.78 Å². The normalized spacial score (nSPS) is 12.4. The SMILES string of the molecule is CCCCC(CC)CC(=O)c1ccc(N)c(Cl)c1. The summed E-state index contributed by atoms with van der Waals surface area (Å²) in [5, 5.41) is 0.461. The van der Waals surface area contributed by atoms with Gasteiger partial charge in [-0.1, -0.05) is 51.1 Å². The second-order valence-corrected chi connectivity index (χ2v) is 5.19. The summed E-state index contributed by atoms with van der Waals surface area (Å²) < 4.78 is 0. The fraction of sp³-hybridized carbons (Fsp3) is 0.533. The second kappa shape index (κ2) is 7.42. The Morgan fingerprint density at radius 1 is 1.39 bits per heavy atom. The smallest absolute Gasteiger partial charge is 0.163 e. The Balaban J connectivity index is 2.65. The van der Waals surface area contributed by atoms with Gasteiger partial charge in [0, 0.05) is 12.0 Å². The van der Waals surface area contributed by atoms with Crippen LogP contribution >= 0.6 is 11.6 Å². The highest BCUT2D eigenvalue weighted by atomic mass is 35.5. The van der Waals surface area contributed by atoms with E-state index in [2.05, 4.69) is 13.8 Å². The number of anilines is 1. The van der Waals surface area contributed by atoms with E-state index in [1.807, 2.05) is 0 Å². The van der Waals surface area contributed by atoms with E-state index in [0.717, 1.165) is 12.8 Å². The van der Waals surface area contributed by atoms with Crippen molar-refractivity contribution in [3.8, 4) is 0 Å². The molecule has 1 atom stereocenters. The van der Waals surface area contributed by atoms with E-state index in [1.54, 1.807) is 18.2 Å². The lowest BCUT2D eigenvalue weighted by Gasteiger charge is -2.13. The molecule has 0 bridgehead atoms. The van der Waals surface area contributed by atoms with Crippen LogP contribution in [0.2, 0.25) is 5.02 Å². The molecule has 2 nitrogen and oxygen atoms in total. The predicted octanol–water partition coefficient (Wildman–Crippen LogP) is 4.71. The van der Waals surface area contributed by atoms with Crippen LogP contribution in [0.5, 0.6) is 0 Å². The van der Waals surface area contributed by atoms with Crippen molar-refractivity contribution in [2.24, 2.45) is 5.92 Å². The van der Waals surface area contributed by atoms with Gasteiger partial charge in [-0.25, -0.2) is 0 Å². The first-order valence-corrected chi connectivity index (χ1v) is 7.04. The van der Waals surface area contributed by atoms with Gasteiger partial charge in [0.15, 0.2) is 5.78 Å². The van der Waals surface area contributed by atoms with Gasteiger partial charge in [-0.05, 0) is 24.1 Å². The molecule has 2 N–H and O–H groups in total. The van der Waals surface area contributed by atoms with Crippen molar-refractivity contribution in [3.05, 3.63) is 28.8 Å². The van der Waals surface area contributed by atoms with Crippen LogP contribution in [0.4, 0.5) is 5.69 Å². The first kappa shape index (κ1) is 15.0. The Kier molecular flexibility index (Phi) is 6.20. The first-order chi connectivity index (χ1) is 8.58. The van der Waals surface area contributed by atoms with Crippen molar-refractivity contribution in [1.82, 2.24) is 0 Å². The van der Waals surface area contributed by atoms with Gasteiger partial charge in [-0.2, -0.15) is 0 Å². The molecule has 0 aliphatic carbocycles. The van der Waals surface area contributed by atoms with E-state index >= 15 is 0 Å². The van der Waals surface area contributed by atoms with Gasteiger partial charge in [-0.3, -0.25) is 4.79 Å². The maximum atomic E-state index is 12.1. The number of benzene rings is 1. The van der Waals surface area contributed by atoms with Crippen molar-refractivity contribution in [2.45, 2.75) is 46.0 Å². The summed E-state index contributed by atoms with van der Waals surface area (Å²) >= 11 is 5.93. The van der Waals surface area contributed by atoms with Crippen LogP contribution in [-0.4, -0.2) is 5.78 Å². The zero-order valence-electron chi connectivity index (χ0n) is 11.2. The number of rotatable bonds is 7. The van der Waals surface area contributed by atoms with Gasteiger partial charge in [-0.15, -0.1) is 0 Å². The molecule has 0 aliphatic rings. The van der Waals surface area contributed by atoms with Crippen LogP contribution in [0.1, 0.15) is 56.3 Å². The third-order valence-electron chi connectivity index (χ3n) is 3.34. The minimum atomic E-state index is 0.167. The third-order valence-corrected chi connectivity index (χ3v) is 3.67. The number of Topliss-reactive ketones (excluding diaryl/α,β-unsaturated/α-hetero) is 1. The molecular formula is C15H22ClNO. The first-order valence-electron chi connectivity index (χ1n) is 6.66. The van der Waals surface area contributed by atoms with Crippen molar-refractivity contribution in [1.29, 1.82) is 0 Å². The second-order valence-electron chi connectivity index (χ2n) is 4.78. The van der Waals surface area contributed by atoms with E-state index in [1.165, 1.54) is 12.8 Å². The lowest BCUT2D eigenvalue weighted by Crippen LogP contribution is -2.08. The van der Waals surface area contributed by atoms with E-state index in [0.29, 0.717) is 28.6 Å². The fourth-order valence-electron chi connectivity index (χ4n) is 2.02. The molecule has 1 aromatic rings. The van der Waals surface area contributed by atoms with Gasteiger partial charge < -0.3 is 5.73 Å². The number of hydrogen-bond acceptors (Lipinski definition) is 2. The topological polar surface area (TPSA) is 43.1 Å². The Morgan fingerprint density at radius 2 is 2.11 bits per heavy atom. The Bertz CT molecular complexity index is 403. The van der Waals surface area contributed by atoms with Crippen LogP contribution in [-0.2, 0) is 0 Å². The quantitative estimate of drug-likeness (QED) is 0.574. The minimum absolute atomic E-state index is 0.167. The molecule has 0 heterocycles. The zero-order valence-corrected chi connectivity index (χ0v) is 12.0. The van der Waals surface area contributed by atoms with Crippen LogP contribution in [0.3, 0.4) is 0 Å². The van der Waals surface area contributed by atoms with Gasteiger partial charge in [0.2, 0.25) is 0 Å². The highest BCUT2D eigenvalue weighted by Gasteiger charge is 2.14. The Hall–Kier alpha value is -1.02. The van der Waals surface area contributed by atoms with Gasteiger partial charge >= 0.3 is 0 Å². The molecule has 0 saturated heterocycles. The van der Waals surface area contributed by atoms with Crippen molar-refractivity contribution >= 4 is 23.1 Å². The highest BCUT2D eigenvalue weighted by Crippen LogP contribution is 2.23. The number of carbonyl (C=O) groups is 1.